The molecule has 0 radical (unpaired) electrons. The number of thiophene rings is 1. The van der Waals surface area contributed by atoms with Crippen LogP contribution in [-0.4, -0.2) is 34.5 Å². The Balaban J connectivity index is 2.33. The topological polar surface area (TPSA) is 29.3 Å². The van der Waals surface area contributed by atoms with Gasteiger partial charge in [0.15, 0.2) is 0 Å². The molecule has 1 aromatic heterocycles. The Hall–Kier alpha value is -0.0300. The molecule has 0 aliphatic carbocycles. The van der Waals surface area contributed by atoms with Crippen molar-refractivity contribution in [2.75, 3.05) is 18.1 Å². The van der Waals surface area contributed by atoms with Gasteiger partial charge in [0, 0.05) is 35.3 Å². The van der Waals surface area contributed by atoms with Gasteiger partial charge in [-0.2, -0.15) is 11.8 Å². The van der Waals surface area contributed by atoms with E-state index in [1.54, 1.807) is 0 Å². The summed E-state index contributed by atoms with van der Waals surface area (Å²) >= 11 is 3.92. The second kappa shape index (κ2) is 6.39. The maximum atomic E-state index is 6.33. The van der Waals surface area contributed by atoms with Crippen molar-refractivity contribution in [3.63, 3.8) is 0 Å². The Bertz CT molecular complexity index is 414. The van der Waals surface area contributed by atoms with Gasteiger partial charge in [0.1, 0.15) is 0 Å². The highest BCUT2D eigenvalue weighted by Crippen LogP contribution is 2.46. The van der Waals surface area contributed by atoms with Gasteiger partial charge in [-0.25, -0.2) is 0 Å². The molecule has 0 spiro atoms. The zero-order chi connectivity index (χ0) is 14.8. The molecule has 2 nitrogen and oxygen atoms in total. The van der Waals surface area contributed by atoms with Gasteiger partial charge in [0.05, 0.1) is 0 Å². The minimum absolute atomic E-state index is 0.105. The van der Waals surface area contributed by atoms with Crippen LogP contribution in [0.2, 0.25) is 0 Å². The van der Waals surface area contributed by atoms with Gasteiger partial charge >= 0.3 is 0 Å². The van der Waals surface area contributed by atoms with E-state index in [9.17, 15) is 0 Å². The van der Waals surface area contributed by atoms with E-state index in [4.69, 9.17) is 5.73 Å². The van der Waals surface area contributed by atoms with Gasteiger partial charge in [-0.1, -0.05) is 19.9 Å². The van der Waals surface area contributed by atoms with Crippen LogP contribution in [0.25, 0.3) is 0 Å². The van der Waals surface area contributed by atoms with Crippen molar-refractivity contribution in [1.29, 1.82) is 0 Å². The average Bonchev–Trinajstić information content (AvgIpc) is 2.89. The normalized spacial score (nSPS) is 26.4. The van der Waals surface area contributed by atoms with Gasteiger partial charge in [-0.15, -0.1) is 11.3 Å². The second-order valence-corrected chi connectivity index (χ2v) is 8.86. The molecule has 4 heteroatoms. The molecule has 0 aromatic carbocycles. The van der Waals surface area contributed by atoms with E-state index >= 15 is 0 Å². The van der Waals surface area contributed by atoms with Crippen molar-refractivity contribution >= 4 is 23.1 Å². The molecule has 0 amide bonds. The molecular weight excluding hydrogens is 284 g/mol. The van der Waals surface area contributed by atoms with Gasteiger partial charge < -0.3 is 5.73 Å². The van der Waals surface area contributed by atoms with Crippen LogP contribution in [-0.2, 0) is 6.54 Å². The van der Waals surface area contributed by atoms with Gasteiger partial charge in [0.25, 0.3) is 0 Å². The molecule has 2 N–H and O–H groups in total. The number of nitrogens with zero attached hydrogens (tertiary/aromatic N) is 1. The SMILES string of the molecule is CC(C)N(Cc1cccs1)C1(CN)CSCCC1(C)C. The maximum Gasteiger partial charge on any atom is 0.0479 e. The minimum Gasteiger partial charge on any atom is -0.329 e. The highest BCUT2D eigenvalue weighted by atomic mass is 32.2. The maximum absolute atomic E-state index is 6.33. The summed E-state index contributed by atoms with van der Waals surface area (Å²) in [6.45, 7) is 11.2. The van der Waals surface area contributed by atoms with Crippen LogP contribution in [0.1, 0.15) is 39.0 Å². The average molecular weight is 313 g/mol. The highest BCUT2D eigenvalue weighted by molar-refractivity contribution is 7.99. The molecule has 1 aromatic rings. The summed E-state index contributed by atoms with van der Waals surface area (Å²) in [4.78, 5) is 4.10. The molecule has 1 aliphatic heterocycles. The molecule has 1 saturated heterocycles. The highest BCUT2D eigenvalue weighted by Gasteiger charge is 2.50. The summed E-state index contributed by atoms with van der Waals surface area (Å²) in [5.74, 6) is 2.42. The molecule has 1 aliphatic rings. The summed E-state index contributed by atoms with van der Waals surface area (Å²) < 4.78 is 0. The summed E-state index contributed by atoms with van der Waals surface area (Å²) in [6.07, 6.45) is 1.25. The van der Waals surface area contributed by atoms with E-state index in [-0.39, 0.29) is 11.0 Å². The number of hydrogen-bond donors (Lipinski definition) is 1. The molecule has 1 fully saturated rings. The fourth-order valence-corrected chi connectivity index (χ4v) is 5.83. The standard InChI is InChI=1S/C16H28N2S2/c1-13(2)18(10-14-6-5-8-20-14)16(11-17)12-19-9-7-15(16,3)4/h5-6,8,13H,7,9-12,17H2,1-4H3. The Morgan fingerprint density at radius 2 is 2.15 bits per heavy atom. The smallest absolute Gasteiger partial charge is 0.0479 e. The molecular formula is C16H28N2S2. The summed E-state index contributed by atoms with van der Waals surface area (Å²) in [7, 11) is 0. The zero-order valence-corrected chi connectivity index (χ0v) is 14.8. The largest absolute Gasteiger partial charge is 0.329 e. The Morgan fingerprint density at radius 3 is 2.65 bits per heavy atom. The summed E-state index contributed by atoms with van der Waals surface area (Å²) in [5, 5.41) is 2.17. The molecule has 2 rings (SSSR count). The van der Waals surface area contributed by atoms with E-state index in [1.807, 2.05) is 11.3 Å². The lowest BCUT2D eigenvalue weighted by Gasteiger charge is -2.57. The van der Waals surface area contributed by atoms with Crippen LogP contribution in [0.4, 0.5) is 0 Å². The van der Waals surface area contributed by atoms with Crippen LogP contribution in [0.15, 0.2) is 17.5 Å². The van der Waals surface area contributed by atoms with Crippen LogP contribution in [0.3, 0.4) is 0 Å². The van der Waals surface area contributed by atoms with Crippen LogP contribution >= 0.6 is 23.1 Å². The van der Waals surface area contributed by atoms with Crippen molar-refractivity contribution in [1.82, 2.24) is 4.90 Å². The van der Waals surface area contributed by atoms with E-state index in [2.05, 4.69) is 61.9 Å². The summed E-state index contributed by atoms with van der Waals surface area (Å²) in [5.41, 5.74) is 6.71. The number of rotatable bonds is 5. The number of hydrogen-bond acceptors (Lipinski definition) is 4. The predicted octanol–water partition coefficient (Wildman–Crippen LogP) is 3.82. The third-order valence-electron chi connectivity index (χ3n) is 4.89. The van der Waals surface area contributed by atoms with E-state index in [0.29, 0.717) is 6.04 Å². The van der Waals surface area contributed by atoms with Crippen molar-refractivity contribution in [3.05, 3.63) is 22.4 Å². The molecule has 1 unspecified atom stereocenters. The first-order valence-corrected chi connectivity index (χ1v) is 9.53. The quantitative estimate of drug-likeness (QED) is 0.896. The molecule has 0 bridgehead atoms. The van der Waals surface area contributed by atoms with Crippen molar-refractivity contribution < 1.29 is 0 Å². The van der Waals surface area contributed by atoms with Crippen molar-refractivity contribution in [2.45, 2.75) is 52.2 Å². The third-order valence-corrected chi connectivity index (χ3v) is 6.92. The van der Waals surface area contributed by atoms with Crippen molar-refractivity contribution in [3.8, 4) is 0 Å². The monoisotopic (exact) mass is 312 g/mol. The Kier molecular flexibility index (Phi) is 5.22. The minimum atomic E-state index is 0.105. The summed E-state index contributed by atoms with van der Waals surface area (Å²) in [6, 6.07) is 4.90. The van der Waals surface area contributed by atoms with E-state index in [0.717, 1.165) is 18.8 Å². The molecule has 0 saturated carbocycles. The first-order chi connectivity index (χ1) is 9.43. The molecule has 114 valence electrons. The van der Waals surface area contributed by atoms with Gasteiger partial charge in [-0.3, -0.25) is 4.90 Å². The molecule has 1 atom stereocenters. The lowest BCUT2D eigenvalue weighted by Crippen LogP contribution is -2.67. The lowest BCUT2D eigenvalue weighted by atomic mass is 9.69. The lowest BCUT2D eigenvalue weighted by molar-refractivity contribution is -0.0251. The number of thioether (sulfide) groups is 1. The first-order valence-electron chi connectivity index (χ1n) is 7.50. The number of nitrogens with two attached hydrogens (primary N) is 1. The second-order valence-electron chi connectivity index (χ2n) is 6.72. The Labute approximate surface area is 132 Å². The fourth-order valence-electron chi connectivity index (χ4n) is 3.32. The van der Waals surface area contributed by atoms with Crippen LogP contribution < -0.4 is 5.73 Å². The van der Waals surface area contributed by atoms with Gasteiger partial charge in [-0.05, 0) is 42.9 Å². The van der Waals surface area contributed by atoms with E-state index in [1.165, 1.54) is 17.1 Å². The fraction of sp³-hybridized carbons (Fsp3) is 0.750. The predicted molar refractivity (Wildman–Crippen MR) is 92.5 cm³/mol. The molecule has 2 heterocycles. The van der Waals surface area contributed by atoms with Gasteiger partial charge in [0.2, 0.25) is 0 Å². The molecule has 20 heavy (non-hydrogen) atoms. The van der Waals surface area contributed by atoms with Crippen LogP contribution in [0, 0.1) is 5.41 Å². The van der Waals surface area contributed by atoms with Crippen LogP contribution in [0.5, 0.6) is 0 Å². The zero-order valence-electron chi connectivity index (χ0n) is 13.2. The van der Waals surface area contributed by atoms with E-state index < -0.39 is 0 Å². The van der Waals surface area contributed by atoms with Crippen molar-refractivity contribution in [2.24, 2.45) is 11.1 Å². The first kappa shape index (κ1) is 16.3. The third kappa shape index (κ3) is 2.94. The Morgan fingerprint density at radius 1 is 1.40 bits per heavy atom.